The molecule has 0 radical (unpaired) electrons. The number of hydrogen-bond acceptors (Lipinski definition) is 2. The van der Waals surface area contributed by atoms with E-state index in [0.29, 0.717) is 13.1 Å². The van der Waals surface area contributed by atoms with Crippen molar-refractivity contribution >= 4 is 12.0 Å². The van der Waals surface area contributed by atoms with Gasteiger partial charge in [0.2, 0.25) is 0 Å². The van der Waals surface area contributed by atoms with Gasteiger partial charge in [0.1, 0.15) is 0 Å². The summed E-state index contributed by atoms with van der Waals surface area (Å²) in [5, 5.41) is 8.73. The molecule has 16 heavy (non-hydrogen) atoms. The van der Waals surface area contributed by atoms with Crippen molar-refractivity contribution in [1.82, 2.24) is 9.80 Å². The van der Waals surface area contributed by atoms with Crippen LogP contribution in [0.2, 0.25) is 0 Å². The molecular weight excluding hydrogens is 208 g/mol. The van der Waals surface area contributed by atoms with E-state index >= 15 is 0 Å². The van der Waals surface area contributed by atoms with Crippen molar-refractivity contribution in [3.8, 4) is 0 Å². The summed E-state index contributed by atoms with van der Waals surface area (Å²) in [6.07, 6.45) is 0.867. The Balaban J connectivity index is 2.52. The van der Waals surface area contributed by atoms with Crippen LogP contribution in [-0.2, 0) is 4.79 Å². The molecule has 0 atom stereocenters. The van der Waals surface area contributed by atoms with Gasteiger partial charge < -0.3 is 14.9 Å². The van der Waals surface area contributed by atoms with E-state index in [9.17, 15) is 9.59 Å². The lowest BCUT2D eigenvalue weighted by Gasteiger charge is -2.43. The standard InChI is InChI=1S/C11H20N2O3/c1-5-11(2,3)12(4)10(16)13-6-8(7-13)9(14)15/h8H,5-7H2,1-4H3,(H,14,15). The van der Waals surface area contributed by atoms with Crippen molar-refractivity contribution < 1.29 is 14.7 Å². The fourth-order valence-electron chi connectivity index (χ4n) is 1.50. The third-order valence-corrected chi connectivity index (χ3v) is 3.56. The van der Waals surface area contributed by atoms with Crippen LogP contribution in [0.4, 0.5) is 4.79 Å². The smallest absolute Gasteiger partial charge is 0.320 e. The Morgan fingerprint density at radius 3 is 2.31 bits per heavy atom. The molecule has 0 unspecified atom stereocenters. The maximum Gasteiger partial charge on any atom is 0.320 e. The average Bonchev–Trinajstić information content (AvgIpc) is 2.13. The van der Waals surface area contributed by atoms with Crippen LogP contribution in [0.15, 0.2) is 0 Å². The summed E-state index contributed by atoms with van der Waals surface area (Å²) in [5.74, 6) is -1.21. The van der Waals surface area contributed by atoms with Gasteiger partial charge in [-0.2, -0.15) is 0 Å². The molecule has 1 heterocycles. The lowest BCUT2D eigenvalue weighted by atomic mass is 9.98. The average molecular weight is 228 g/mol. The zero-order valence-electron chi connectivity index (χ0n) is 10.4. The fourth-order valence-corrected chi connectivity index (χ4v) is 1.50. The number of rotatable bonds is 3. The van der Waals surface area contributed by atoms with E-state index in [1.165, 1.54) is 0 Å². The van der Waals surface area contributed by atoms with Crippen molar-refractivity contribution in [2.45, 2.75) is 32.7 Å². The molecule has 1 rings (SSSR count). The van der Waals surface area contributed by atoms with Crippen LogP contribution in [0, 0.1) is 5.92 Å². The number of carbonyl (C=O) groups excluding carboxylic acids is 1. The Morgan fingerprint density at radius 1 is 1.44 bits per heavy atom. The number of urea groups is 1. The van der Waals surface area contributed by atoms with Gasteiger partial charge in [0.25, 0.3) is 0 Å². The first-order valence-corrected chi connectivity index (χ1v) is 5.55. The molecule has 1 aliphatic heterocycles. The van der Waals surface area contributed by atoms with Crippen LogP contribution in [0.5, 0.6) is 0 Å². The van der Waals surface area contributed by atoms with Crippen molar-refractivity contribution in [2.75, 3.05) is 20.1 Å². The largest absolute Gasteiger partial charge is 0.481 e. The van der Waals surface area contributed by atoms with E-state index in [0.717, 1.165) is 6.42 Å². The topological polar surface area (TPSA) is 60.9 Å². The second kappa shape index (κ2) is 4.31. The van der Waals surface area contributed by atoms with Crippen LogP contribution in [0.1, 0.15) is 27.2 Å². The minimum absolute atomic E-state index is 0.0793. The Hall–Kier alpha value is -1.26. The third-order valence-electron chi connectivity index (χ3n) is 3.56. The van der Waals surface area contributed by atoms with E-state index in [4.69, 9.17) is 5.11 Å². The molecule has 5 heteroatoms. The van der Waals surface area contributed by atoms with E-state index in [1.807, 2.05) is 20.8 Å². The molecule has 0 aliphatic carbocycles. The van der Waals surface area contributed by atoms with E-state index < -0.39 is 5.97 Å². The summed E-state index contributed by atoms with van der Waals surface area (Å²) in [6, 6.07) is -0.0793. The highest BCUT2D eigenvalue weighted by atomic mass is 16.4. The van der Waals surface area contributed by atoms with Gasteiger partial charge in [-0.05, 0) is 20.3 Å². The van der Waals surface area contributed by atoms with Crippen molar-refractivity contribution in [3.63, 3.8) is 0 Å². The third kappa shape index (κ3) is 2.28. The van der Waals surface area contributed by atoms with Crippen LogP contribution in [0.3, 0.4) is 0 Å². The van der Waals surface area contributed by atoms with E-state index in [1.54, 1.807) is 16.8 Å². The van der Waals surface area contributed by atoms with Crippen molar-refractivity contribution in [2.24, 2.45) is 5.92 Å². The van der Waals surface area contributed by atoms with Crippen LogP contribution < -0.4 is 0 Å². The number of nitrogens with zero attached hydrogens (tertiary/aromatic N) is 2. The second-order valence-corrected chi connectivity index (χ2v) is 4.95. The molecule has 2 amide bonds. The minimum atomic E-state index is -0.818. The van der Waals surface area contributed by atoms with Gasteiger partial charge in [-0.15, -0.1) is 0 Å². The minimum Gasteiger partial charge on any atom is -0.481 e. The monoisotopic (exact) mass is 228 g/mol. The number of carboxylic acids is 1. The highest BCUT2D eigenvalue weighted by Gasteiger charge is 2.39. The molecule has 1 N–H and O–H groups in total. The maximum atomic E-state index is 12.0. The predicted octanol–water partition coefficient (Wildman–Crippen LogP) is 1.24. The normalized spacial score (nSPS) is 16.9. The van der Waals surface area contributed by atoms with Gasteiger partial charge in [0.05, 0.1) is 5.92 Å². The number of hydrogen-bond donors (Lipinski definition) is 1. The molecule has 5 nitrogen and oxygen atoms in total. The zero-order valence-corrected chi connectivity index (χ0v) is 10.4. The summed E-state index contributed by atoms with van der Waals surface area (Å²) >= 11 is 0. The van der Waals surface area contributed by atoms with E-state index in [2.05, 4.69) is 0 Å². The highest BCUT2D eigenvalue weighted by Crippen LogP contribution is 2.22. The molecule has 0 saturated carbocycles. The summed E-state index contributed by atoms with van der Waals surface area (Å²) in [7, 11) is 1.76. The molecule has 92 valence electrons. The number of aliphatic carboxylic acids is 1. The molecule has 0 aromatic carbocycles. The molecule has 0 spiro atoms. The van der Waals surface area contributed by atoms with Crippen LogP contribution in [-0.4, -0.2) is 52.6 Å². The first-order chi connectivity index (χ1) is 7.29. The SMILES string of the molecule is CCC(C)(C)N(C)C(=O)N1CC(C(=O)O)C1. The molecule has 1 aliphatic rings. The Labute approximate surface area is 96.0 Å². The van der Waals surface area contributed by atoms with Gasteiger partial charge in [0, 0.05) is 25.7 Å². The fraction of sp³-hybridized carbons (Fsp3) is 0.818. The van der Waals surface area contributed by atoms with Crippen LogP contribution >= 0.6 is 0 Å². The lowest BCUT2D eigenvalue weighted by molar-refractivity contribution is -0.146. The number of carbonyl (C=O) groups is 2. The summed E-state index contributed by atoms with van der Waals surface area (Å²) in [6.45, 7) is 6.69. The Morgan fingerprint density at radius 2 is 1.94 bits per heavy atom. The quantitative estimate of drug-likeness (QED) is 0.790. The van der Waals surface area contributed by atoms with Crippen molar-refractivity contribution in [3.05, 3.63) is 0 Å². The van der Waals surface area contributed by atoms with Crippen molar-refractivity contribution in [1.29, 1.82) is 0 Å². The first-order valence-electron chi connectivity index (χ1n) is 5.55. The maximum absolute atomic E-state index is 12.0. The van der Waals surface area contributed by atoms with Gasteiger partial charge in [0.15, 0.2) is 0 Å². The number of carboxylic acid groups (broad SMARTS) is 1. The van der Waals surface area contributed by atoms with Gasteiger partial charge >= 0.3 is 12.0 Å². The molecule has 0 aromatic rings. The van der Waals surface area contributed by atoms with Gasteiger partial charge in [-0.1, -0.05) is 6.92 Å². The molecular formula is C11H20N2O3. The Kier molecular flexibility index (Phi) is 3.45. The van der Waals surface area contributed by atoms with E-state index in [-0.39, 0.29) is 17.5 Å². The Bertz CT molecular complexity index is 296. The van der Waals surface area contributed by atoms with Gasteiger partial charge in [-0.3, -0.25) is 4.79 Å². The predicted molar refractivity (Wildman–Crippen MR) is 60.2 cm³/mol. The summed E-state index contributed by atoms with van der Waals surface area (Å²) in [5.41, 5.74) is -0.189. The zero-order chi connectivity index (χ0) is 12.5. The molecule has 0 aromatic heterocycles. The van der Waals surface area contributed by atoms with Gasteiger partial charge in [-0.25, -0.2) is 4.79 Å². The lowest BCUT2D eigenvalue weighted by Crippen LogP contribution is -2.59. The van der Waals surface area contributed by atoms with Crippen LogP contribution in [0.25, 0.3) is 0 Å². The number of likely N-dealkylation sites (tertiary alicyclic amines) is 1. The highest BCUT2D eigenvalue weighted by molar-refractivity contribution is 5.80. The molecule has 1 saturated heterocycles. The molecule has 1 fully saturated rings. The first kappa shape index (κ1) is 12.8. The summed E-state index contributed by atoms with van der Waals surface area (Å²) < 4.78 is 0. The summed E-state index contributed by atoms with van der Waals surface area (Å²) in [4.78, 5) is 25.8. The molecule has 0 bridgehead atoms. The number of amides is 2. The second-order valence-electron chi connectivity index (χ2n) is 4.95.